The summed E-state index contributed by atoms with van der Waals surface area (Å²) in [6.07, 6.45) is 0.620. The predicted molar refractivity (Wildman–Crippen MR) is 66.9 cm³/mol. The van der Waals surface area contributed by atoms with Gasteiger partial charge in [0, 0.05) is 18.8 Å². The molecule has 1 fully saturated rings. The SMILES string of the molecule is Nc1ccc2nc(N3CCC(O)C3)sc2c1. The average Bonchev–Trinajstić information content (AvgIpc) is 2.83. The first-order valence-electron chi connectivity index (χ1n) is 5.31. The molecule has 1 aliphatic heterocycles. The van der Waals surface area contributed by atoms with Crippen molar-refractivity contribution in [3.05, 3.63) is 18.2 Å². The number of fused-ring (bicyclic) bond motifs is 1. The number of nitrogen functional groups attached to an aromatic ring is 1. The van der Waals surface area contributed by atoms with Gasteiger partial charge in [-0.25, -0.2) is 4.98 Å². The summed E-state index contributed by atoms with van der Waals surface area (Å²) in [5, 5.41) is 10.5. The topological polar surface area (TPSA) is 62.4 Å². The molecule has 3 rings (SSSR count). The molecule has 1 saturated heterocycles. The van der Waals surface area contributed by atoms with Crippen LogP contribution in [0, 0.1) is 0 Å². The summed E-state index contributed by atoms with van der Waals surface area (Å²) in [7, 11) is 0. The number of thiazole rings is 1. The van der Waals surface area contributed by atoms with E-state index in [1.165, 1.54) is 0 Å². The number of aliphatic hydroxyl groups is 1. The number of anilines is 2. The van der Waals surface area contributed by atoms with Crippen LogP contribution >= 0.6 is 11.3 Å². The first-order valence-corrected chi connectivity index (χ1v) is 6.13. The lowest BCUT2D eigenvalue weighted by Gasteiger charge is -2.12. The molecule has 2 aromatic rings. The molecule has 3 N–H and O–H groups in total. The molecular weight excluding hydrogens is 222 g/mol. The van der Waals surface area contributed by atoms with Gasteiger partial charge in [0.2, 0.25) is 0 Å². The Bertz CT molecular complexity index is 525. The van der Waals surface area contributed by atoms with Crippen molar-refractivity contribution >= 4 is 32.4 Å². The van der Waals surface area contributed by atoms with Crippen molar-refractivity contribution in [2.45, 2.75) is 12.5 Å². The Hall–Kier alpha value is -1.33. The first kappa shape index (κ1) is 9.86. The number of aliphatic hydroxyl groups excluding tert-OH is 1. The average molecular weight is 235 g/mol. The highest BCUT2D eigenvalue weighted by atomic mass is 32.1. The lowest BCUT2D eigenvalue weighted by Crippen LogP contribution is -2.20. The molecular formula is C11H13N3OS. The molecule has 0 aliphatic carbocycles. The van der Waals surface area contributed by atoms with Crippen LogP contribution in [-0.2, 0) is 0 Å². The molecule has 1 atom stereocenters. The van der Waals surface area contributed by atoms with E-state index >= 15 is 0 Å². The molecule has 16 heavy (non-hydrogen) atoms. The summed E-state index contributed by atoms with van der Waals surface area (Å²) >= 11 is 1.63. The lowest BCUT2D eigenvalue weighted by molar-refractivity contribution is 0.198. The normalized spacial score (nSPS) is 20.8. The summed E-state index contributed by atoms with van der Waals surface area (Å²) in [6, 6.07) is 5.75. The Labute approximate surface area is 97.3 Å². The minimum Gasteiger partial charge on any atom is -0.399 e. The van der Waals surface area contributed by atoms with E-state index in [-0.39, 0.29) is 6.10 Å². The summed E-state index contributed by atoms with van der Waals surface area (Å²) in [4.78, 5) is 6.68. The second-order valence-corrected chi connectivity index (χ2v) is 5.12. The van der Waals surface area contributed by atoms with E-state index in [1.807, 2.05) is 18.2 Å². The third-order valence-electron chi connectivity index (χ3n) is 2.84. The van der Waals surface area contributed by atoms with E-state index in [2.05, 4.69) is 9.88 Å². The van der Waals surface area contributed by atoms with Crippen molar-refractivity contribution in [1.82, 2.24) is 4.98 Å². The first-order chi connectivity index (χ1) is 7.72. The molecule has 2 heterocycles. The Balaban J connectivity index is 1.99. The fraction of sp³-hybridized carbons (Fsp3) is 0.364. The molecule has 0 spiro atoms. The smallest absolute Gasteiger partial charge is 0.186 e. The largest absolute Gasteiger partial charge is 0.399 e. The summed E-state index contributed by atoms with van der Waals surface area (Å²) < 4.78 is 1.11. The van der Waals surface area contributed by atoms with E-state index < -0.39 is 0 Å². The standard InChI is InChI=1S/C11H13N3OS/c12-7-1-2-9-10(5-7)16-11(13-9)14-4-3-8(15)6-14/h1-2,5,8,15H,3-4,6,12H2. The molecule has 0 amide bonds. The molecule has 1 aliphatic rings. The number of benzene rings is 1. The Morgan fingerprint density at radius 1 is 1.50 bits per heavy atom. The van der Waals surface area contributed by atoms with Gasteiger partial charge in [0.05, 0.1) is 16.3 Å². The zero-order valence-corrected chi connectivity index (χ0v) is 9.57. The van der Waals surface area contributed by atoms with Gasteiger partial charge in [0.15, 0.2) is 5.13 Å². The number of hydrogen-bond donors (Lipinski definition) is 2. The molecule has 0 bridgehead atoms. The highest BCUT2D eigenvalue weighted by Crippen LogP contribution is 2.31. The minimum absolute atomic E-state index is 0.211. The van der Waals surface area contributed by atoms with Gasteiger partial charge in [-0.2, -0.15) is 0 Å². The van der Waals surface area contributed by atoms with Crippen molar-refractivity contribution in [1.29, 1.82) is 0 Å². The van der Waals surface area contributed by atoms with Gasteiger partial charge < -0.3 is 15.7 Å². The van der Waals surface area contributed by atoms with Crippen LogP contribution in [0.5, 0.6) is 0 Å². The van der Waals surface area contributed by atoms with Crippen molar-refractivity contribution in [2.24, 2.45) is 0 Å². The van der Waals surface area contributed by atoms with Crippen LogP contribution in [0.15, 0.2) is 18.2 Å². The van der Waals surface area contributed by atoms with Crippen molar-refractivity contribution in [3.8, 4) is 0 Å². The fourth-order valence-electron chi connectivity index (χ4n) is 1.98. The Morgan fingerprint density at radius 2 is 2.38 bits per heavy atom. The molecule has 84 valence electrons. The second kappa shape index (κ2) is 3.61. The third-order valence-corrected chi connectivity index (χ3v) is 3.91. The quantitative estimate of drug-likeness (QED) is 0.734. The summed E-state index contributed by atoms with van der Waals surface area (Å²) in [5.74, 6) is 0. The fourth-order valence-corrected chi connectivity index (χ4v) is 3.03. The van der Waals surface area contributed by atoms with Gasteiger partial charge in [-0.05, 0) is 24.6 Å². The Kier molecular flexibility index (Phi) is 2.22. The number of nitrogens with zero attached hydrogens (tertiary/aromatic N) is 2. The maximum atomic E-state index is 9.50. The molecule has 1 unspecified atom stereocenters. The minimum atomic E-state index is -0.211. The van der Waals surface area contributed by atoms with Gasteiger partial charge in [-0.3, -0.25) is 0 Å². The maximum Gasteiger partial charge on any atom is 0.186 e. The van der Waals surface area contributed by atoms with Crippen LogP contribution in [-0.4, -0.2) is 29.3 Å². The summed E-state index contributed by atoms with van der Waals surface area (Å²) in [5.41, 5.74) is 7.48. The van der Waals surface area contributed by atoms with E-state index in [1.54, 1.807) is 11.3 Å². The van der Waals surface area contributed by atoms with Crippen LogP contribution in [0.4, 0.5) is 10.8 Å². The third kappa shape index (κ3) is 1.62. The van der Waals surface area contributed by atoms with Gasteiger partial charge >= 0.3 is 0 Å². The summed E-state index contributed by atoms with van der Waals surface area (Å²) in [6.45, 7) is 1.58. The van der Waals surface area contributed by atoms with Crippen LogP contribution in [0.2, 0.25) is 0 Å². The molecule has 0 radical (unpaired) electrons. The molecule has 0 saturated carbocycles. The lowest BCUT2D eigenvalue weighted by atomic mass is 10.3. The van der Waals surface area contributed by atoms with E-state index in [0.29, 0.717) is 6.54 Å². The van der Waals surface area contributed by atoms with Crippen LogP contribution in [0.25, 0.3) is 10.2 Å². The highest BCUT2D eigenvalue weighted by molar-refractivity contribution is 7.22. The molecule has 1 aromatic heterocycles. The zero-order valence-electron chi connectivity index (χ0n) is 8.76. The van der Waals surface area contributed by atoms with Crippen molar-refractivity contribution in [3.63, 3.8) is 0 Å². The van der Waals surface area contributed by atoms with Crippen molar-refractivity contribution in [2.75, 3.05) is 23.7 Å². The van der Waals surface area contributed by atoms with Gasteiger partial charge in [-0.15, -0.1) is 0 Å². The maximum absolute atomic E-state index is 9.50. The second-order valence-electron chi connectivity index (χ2n) is 4.11. The van der Waals surface area contributed by atoms with E-state index in [0.717, 1.165) is 34.0 Å². The number of rotatable bonds is 1. The van der Waals surface area contributed by atoms with E-state index in [4.69, 9.17) is 5.73 Å². The van der Waals surface area contributed by atoms with Gasteiger partial charge in [0.25, 0.3) is 0 Å². The highest BCUT2D eigenvalue weighted by Gasteiger charge is 2.22. The number of β-amino-alcohol motifs (C(OH)–C–C–N with tert-alkyl or cyclic N) is 1. The number of nitrogens with two attached hydrogens (primary N) is 1. The molecule has 1 aromatic carbocycles. The molecule has 5 heteroatoms. The van der Waals surface area contributed by atoms with Crippen LogP contribution in [0.1, 0.15) is 6.42 Å². The van der Waals surface area contributed by atoms with Gasteiger partial charge in [-0.1, -0.05) is 11.3 Å². The monoisotopic (exact) mass is 235 g/mol. The number of hydrogen-bond acceptors (Lipinski definition) is 5. The van der Waals surface area contributed by atoms with E-state index in [9.17, 15) is 5.11 Å². The zero-order chi connectivity index (χ0) is 11.1. The number of aromatic nitrogens is 1. The molecule has 4 nitrogen and oxygen atoms in total. The van der Waals surface area contributed by atoms with Crippen LogP contribution in [0.3, 0.4) is 0 Å². The van der Waals surface area contributed by atoms with Crippen LogP contribution < -0.4 is 10.6 Å². The predicted octanol–water partition coefficient (Wildman–Crippen LogP) is 1.45. The van der Waals surface area contributed by atoms with Crippen molar-refractivity contribution < 1.29 is 5.11 Å². The Morgan fingerprint density at radius 3 is 3.12 bits per heavy atom. The van der Waals surface area contributed by atoms with Gasteiger partial charge in [0.1, 0.15) is 0 Å².